The highest BCUT2D eigenvalue weighted by molar-refractivity contribution is 5.62. The summed E-state index contributed by atoms with van der Waals surface area (Å²) in [6, 6.07) is 3.42. The normalized spacial score (nSPS) is 18.4. The van der Waals surface area contributed by atoms with E-state index in [1.54, 1.807) is 18.3 Å². The van der Waals surface area contributed by atoms with Crippen LogP contribution in [0.15, 0.2) is 18.3 Å². The molecule has 2 N–H and O–H groups in total. The van der Waals surface area contributed by atoms with Gasteiger partial charge in [0.2, 0.25) is 0 Å². The molecule has 0 aromatic carbocycles. The van der Waals surface area contributed by atoms with Crippen LogP contribution in [0.5, 0.6) is 0 Å². The van der Waals surface area contributed by atoms with Crippen LogP contribution in [0, 0.1) is 5.92 Å². The van der Waals surface area contributed by atoms with Gasteiger partial charge in [-0.05, 0) is 25.0 Å². The van der Waals surface area contributed by atoms with Crippen molar-refractivity contribution in [2.45, 2.75) is 19.0 Å². The smallest absolute Gasteiger partial charge is 0.391 e. The Kier molecular flexibility index (Phi) is 3.13. The molecule has 0 radical (unpaired) electrons. The van der Waals surface area contributed by atoms with E-state index in [4.69, 9.17) is 5.73 Å². The maximum absolute atomic E-state index is 12.5. The highest BCUT2D eigenvalue weighted by Gasteiger charge is 2.41. The van der Waals surface area contributed by atoms with Crippen molar-refractivity contribution in [3.05, 3.63) is 18.3 Å². The zero-order valence-corrected chi connectivity index (χ0v) is 9.24. The molecule has 0 spiro atoms. The fourth-order valence-electron chi connectivity index (χ4n) is 2.09. The number of rotatable bonds is 1. The summed E-state index contributed by atoms with van der Waals surface area (Å²) in [5.74, 6) is -0.600. The third-order valence-electron chi connectivity index (χ3n) is 3.07. The standard InChI is InChI=1S/C11H14F3N3/c12-11(13,14)8-3-6-17(7-4-8)10-9(15)2-1-5-16-10/h1-2,5,8H,3-4,6-7,15H2. The molecule has 17 heavy (non-hydrogen) atoms. The van der Waals surface area contributed by atoms with Crippen molar-refractivity contribution < 1.29 is 13.2 Å². The van der Waals surface area contributed by atoms with Gasteiger partial charge in [-0.15, -0.1) is 0 Å². The Morgan fingerprint density at radius 3 is 2.47 bits per heavy atom. The minimum Gasteiger partial charge on any atom is -0.396 e. The van der Waals surface area contributed by atoms with Crippen LogP contribution in [0.2, 0.25) is 0 Å². The molecule has 3 nitrogen and oxygen atoms in total. The van der Waals surface area contributed by atoms with Gasteiger partial charge in [0, 0.05) is 19.3 Å². The molecular weight excluding hydrogens is 231 g/mol. The maximum Gasteiger partial charge on any atom is 0.391 e. The maximum atomic E-state index is 12.5. The number of alkyl halides is 3. The lowest BCUT2D eigenvalue weighted by Crippen LogP contribution is -2.39. The van der Waals surface area contributed by atoms with Crippen molar-refractivity contribution in [1.29, 1.82) is 0 Å². The Balaban J connectivity index is 2.03. The van der Waals surface area contributed by atoms with Crippen molar-refractivity contribution in [2.75, 3.05) is 23.7 Å². The molecule has 1 aliphatic heterocycles. The van der Waals surface area contributed by atoms with E-state index in [0.717, 1.165) is 0 Å². The second-order valence-electron chi connectivity index (χ2n) is 4.22. The molecule has 0 unspecified atom stereocenters. The van der Waals surface area contributed by atoms with E-state index >= 15 is 0 Å². The molecular formula is C11H14F3N3. The van der Waals surface area contributed by atoms with Gasteiger partial charge in [0.05, 0.1) is 11.6 Å². The van der Waals surface area contributed by atoms with Crippen LogP contribution in [0.4, 0.5) is 24.7 Å². The van der Waals surface area contributed by atoms with Crippen LogP contribution in [-0.4, -0.2) is 24.2 Å². The average molecular weight is 245 g/mol. The molecule has 0 amide bonds. The van der Waals surface area contributed by atoms with Gasteiger partial charge in [-0.25, -0.2) is 4.98 Å². The van der Waals surface area contributed by atoms with Gasteiger partial charge in [0.25, 0.3) is 0 Å². The Morgan fingerprint density at radius 2 is 1.94 bits per heavy atom. The number of nitrogens with two attached hydrogens (primary N) is 1. The highest BCUT2D eigenvalue weighted by Crippen LogP contribution is 2.35. The van der Waals surface area contributed by atoms with Gasteiger partial charge >= 0.3 is 6.18 Å². The number of aromatic nitrogens is 1. The summed E-state index contributed by atoms with van der Waals surface area (Å²) in [6.45, 7) is 0.705. The number of hydrogen-bond acceptors (Lipinski definition) is 3. The quantitative estimate of drug-likeness (QED) is 0.826. The largest absolute Gasteiger partial charge is 0.396 e. The molecule has 1 fully saturated rings. The summed E-state index contributed by atoms with van der Waals surface area (Å²) in [6.07, 6.45) is -2.26. The molecule has 94 valence electrons. The van der Waals surface area contributed by atoms with E-state index in [-0.39, 0.29) is 12.8 Å². The zero-order chi connectivity index (χ0) is 12.5. The molecule has 1 saturated heterocycles. The molecule has 2 heterocycles. The van der Waals surface area contributed by atoms with Crippen molar-refractivity contribution in [3.8, 4) is 0 Å². The lowest BCUT2D eigenvalue weighted by atomic mass is 9.96. The Bertz CT molecular complexity index is 384. The van der Waals surface area contributed by atoms with E-state index in [2.05, 4.69) is 4.98 Å². The van der Waals surface area contributed by atoms with Gasteiger partial charge in [-0.1, -0.05) is 0 Å². The van der Waals surface area contributed by atoms with Crippen LogP contribution in [0.1, 0.15) is 12.8 Å². The predicted molar refractivity (Wildman–Crippen MR) is 59.6 cm³/mol. The first-order chi connectivity index (χ1) is 7.98. The average Bonchev–Trinajstić information content (AvgIpc) is 2.29. The van der Waals surface area contributed by atoms with Crippen molar-refractivity contribution in [3.63, 3.8) is 0 Å². The van der Waals surface area contributed by atoms with Gasteiger partial charge < -0.3 is 10.6 Å². The molecule has 0 saturated carbocycles. The van der Waals surface area contributed by atoms with E-state index < -0.39 is 12.1 Å². The summed E-state index contributed by atoms with van der Waals surface area (Å²) in [7, 11) is 0. The monoisotopic (exact) mass is 245 g/mol. The zero-order valence-electron chi connectivity index (χ0n) is 9.24. The molecule has 2 rings (SSSR count). The number of hydrogen-bond donors (Lipinski definition) is 1. The number of piperidine rings is 1. The van der Waals surface area contributed by atoms with Gasteiger partial charge in [0.1, 0.15) is 0 Å². The summed E-state index contributed by atoms with van der Waals surface area (Å²) in [5.41, 5.74) is 6.26. The molecule has 6 heteroatoms. The van der Waals surface area contributed by atoms with Crippen molar-refractivity contribution in [2.24, 2.45) is 5.92 Å². The van der Waals surface area contributed by atoms with E-state index in [1.807, 2.05) is 4.90 Å². The fourth-order valence-corrected chi connectivity index (χ4v) is 2.09. The van der Waals surface area contributed by atoms with Crippen molar-refractivity contribution >= 4 is 11.5 Å². The molecule has 1 aromatic rings. The first-order valence-corrected chi connectivity index (χ1v) is 5.50. The highest BCUT2D eigenvalue weighted by atomic mass is 19.4. The fraction of sp³-hybridized carbons (Fsp3) is 0.545. The van der Waals surface area contributed by atoms with Gasteiger partial charge in [-0.3, -0.25) is 0 Å². The molecule has 1 aromatic heterocycles. The van der Waals surface area contributed by atoms with Crippen LogP contribution < -0.4 is 10.6 Å². The topological polar surface area (TPSA) is 42.1 Å². The Labute approximate surface area is 97.4 Å². The number of pyridine rings is 1. The first kappa shape index (κ1) is 12.0. The minimum atomic E-state index is -4.08. The number of nitrogen functional groups attached to an aromatic ring is 1. The van der Waals surface area contributed by atoms with Crippen LogP contribution in [-0.2, 0) is 0 Å². The Hall–Kier alpha value is -1.46. The van der Waals surface area contributed by atoms with Crippen LogP contribution in [0.3, 0.4) is 0 Å². The minimum absolute atomic E-state index is 0.111. The van der Waals surface area contributed by atoms with Crippen molar-refractivity contribution in [1.82, 2.24) is 4.98 Å². The van der Waals surface area contributed by atoms with E-state index in [1.165, 1.54) is 0 Å². The number of anilines is 2. The molecule has 0 bridgehead atoms. The van der Waals surface area contributed by atoms with Crippen LogP contribution in [0.25, 0.3) is 0 Å². The Morgan fingerprint density at radius 1 is 1.29 bits per heavy atom. The summed E-state index contributed by atoms with van der Waals surface area (Å²) >= 11 is 0. The molecule has 0 atom stereocenters. The second-order valence-corrected chi connectivity index (χ2v) is 4.22. The van der Waals surface area contributed by atoms with Crippen LogP contribution >= 0.6 is 0 Å². The predicted octanol–water partition coefficient (Wildman–Crippen LogP) is 2.44. The summed E-state index contributed by atoms with van der Waals surface area (Å²) in [4.78, 5) is 5.93. The third-order valence-corrected chi connectivity index (χ3v) is 3.07. The summed E-state index contributed by atoms with van der Waals surface area (Å²) in [5, 5.41) is 0. The number of halogens is 3. The van der Waals surface area contributed by atoms with Gasteiger partial charge in [0.15, 0.2) is 5.82 Å². The van der Waals surface area contributed by atoms with E-state index in [9.17, 15) is 13.2 Å². The number of nitrogens with zero attached hydrogens (tertiary/aromatic N) is 2. The molecule has 0 aliphatic carbocycles. The SMILES string of the molecule is Nc1cccnc1N1CCC(C(F)(F)F)CC1. The third kappa shape index (κ3) is 2.62. The summed E-state index contributed by atoms with van der Waals surface area (Å²) < 4.78 is 37.5. The first-order valence-electron chi connectivity index (χ1n) is 5.50. The lowest BCUT2D eigenvalue weighted by Gasteiger charge is -2.34. The van der Waals surface area contributed by atoms with Gasteiger partial charge in [-0.2, -0.15) is 13.2 Å². The lowest BCUT2D eigenvalue weighted by molar-refractivity contribution is -0.179. The van der Waals surface area contributed by atoms with E-state index in [0.29, 0.717) is 24.6 Å². The second kappa shape index (κ2) is 4.43. The molecule has 1 aliphatic rings.